The highest BCUT2D eigenvalue weighted by Gasteiger charge is 2.27. The van der Waals surface area contributed by atoms with Crippen LogP contribution in [0, 0.1) is 0 Å². The summed E-state index contributed by atoms with van der Waals surface area (Å²) in [6.45, 7) is 4.77. The Bertz CT molecular complexity index is 607. The summed E-state index contributed by atoms with van der Waals surface area (Å²) in [6, 6.07) is 5.76. The number of amides is 1. The van der Waals surface area contributed by atoms with Crippen LogP contribution in [0.15, 0.2) is 29.2 Å². The number of ether oxygens (including phenoxy) is 1. The van der Waals surface area contributed by atoms with Gasteiger partial charge in [-0.3, -0.25) is 4.79 Å². The maximum Gasteiger partial charge on any atom is 0.261 e. The minimum absolute atomic E-state index is 0.0392. The van der Waals surface area contributed by atoms with Crippen molar-refractivity contribution in [1.29, 1.82) is 0 Å². The van der Waals surface area contributed by atoms with E-state index < -0.39 is 9.05 Å². The predicted molar refractivity (Wildman–Crippen MR) is 75.4 cm³/mol. The van der Waals surface area contributed by atoms with Crippen molar-refractivity contribution in [2.24, 2.45) is 0 Å². The molecule has 0 saturated carbocycles. The topological polar surface area (TPSA) is 63.7 Å². The van der Waals surface area contributed by atoms with Crippen LogP contribution in [0.5, 0.6) is 0 Å². The van der Waals surface area contributed by atoms with Gasteiger partial charge < -0.3 is 9.64 Å². The number of rotatable bonds is 2. The highest BCUT2D eigenvalue weighted by Crippen LogP contribution is 2.19. The second-order valence-corrected chi connectivity index (χ2v) is 7.50. The minimum atomic E-state index is -3.83. The van der Waals surface area contributed by atoms with Gasteiger partial charge in [-0.2, -0.15) is 0 Å². The summed E-state index contributed by atoms with van der Waals surface area (Å²) in [5.74, 6) is -0.214. The summed E-state index contributed by atoms with van der Waals surface area (Å²) in [5, 5.41) is 0. The minimum Gasteiger partial charge on any atom is -0.372 e. The monoisotopic (exact) mass is 317 g/mol. The van der Waals surface area contributed by atoms with Crippen LogP contribution >= 0.6 is 10.7 Å². The second kappa shape index (κ2) is 5.71. The molecule has 0 radical (unpaired) electrons. The Hall–Kier alpha value is -1.11. The van der Waals surface area contributed by atoms with Crippen LogP contribution < -0.4 is 0 Å². The molecule has 1 aromatic rings. The second-order valence-electron chi connectivity index (χ2n) is 4.93. The lowest BCUT2D eigenvalue weighted by molar-refractivity contribution is -0.0586. The standard InChI is InChI=1S/C13H16ClNO4S/c1-9-7-15(8-10(2)19-9)13(16)11-4-3-5-12(6-11)20(14,17)18/h3-6,9-10H,7-8H2,1-2H3. The van der Waals surface area contributed by atoms with Gasteiger partial charge in [0.05, 0.1) is 17.1 Å². The van der Waals surface area contributed by atoms with Crippen molar-refractivity contribution < 1.29 is 17.9 Å². The van der Waals surface area contributed by atoms with Gasteiger partial charge in [-0.15, -0.1) is 0 Å². The van der Waals surface area contributed by atoms with E-state index >= 15 is 0 Å². The van der Waals surface area contributed by atoms with Crippen LogP contribution in [0.2, 0.25) is 0 Å². The maximum atomic E-state index is 12.4. The van der Waals surface area contributed by atoms with Crippen LogP contribution in [0.4, 0.5) is 0 Å². The zero-order chi connectivity index (χ0) is 14.9. The van der Waals surface area contributed by atoms with Gasteiger partial charge in [-0.1, -0.05) is 6.07 Å². The Kier molecular flexibility index (Phi) is 4.36. The molecule has 1 aromatic carbocycles. The molecule has 7 heteroatoms. The van der Waals surface area contributed by atoms with Crippen molar-refractivity contribution in [3.63, 3.8) is 0 Å². The molecule has 2 rings (SSSR count). The first-order valence-electron chi connectivity index (χ1n) is 6.27. The normalized spacial score (nSPS) is 23.6. The average Bonchev–Trinajstić information content (AvgIpc) is 2.36. The van der Waals surface area contributed by atoms with Crippen LogP contribution in [0.1, 0.15) is 24.2 Å². The van der Waals surface area contributed by atoms with E-state index in [4.69, 9.17) is 15.4 Å². The van der Waals surface area contributed by atoms with Crippen molar-refractivity contribution in [2.75, 3.05) is 13.1 Å². The number of carbonyl (C=O) groups is 1. The lowest BCUT2D eigenvalue weighted by atomic mass is 10.1. The Morgan fingerprint density at radius 1 is 1.30 bits per heavy atom. The Balaban J connectivity index is 2.25. The third-order valence-corrected chi connectivity index (χ3v) is 4.42. The molecule has 1 saturated heterocycles. The van der Waals surface area contributed by atoms with Gasteiger partial charge in [0.2, 0.25) is 0 Å². The first-order chi connectivity index (χ1) is 9.27. The molecule has 0 aliphatic carbocycles. The molecule has 0 bridgehead atoms. The van der Waals surface area contributed by atoms with Gasteiger partial charge in [0, 0.05) is 29.3 Å². The van der Waals surface area contributed by atoms with Crippen molar-refractivity contribution in [1.82, 2.24) is 4.90 Å². The third-order valence-electron chi connectivity index (χ3n) is 3.07. The van der Waals surface area contributed by atoms with Gasteiger partial charge in [0.25, 0.3) is 15.0 Å². The molecule has 2 atom stereocenters. The first kappa shape index (κ1) is 15.3. The van der Waals surface area contributed by atoms with Crippen molar-refractivity contribution in [3.05, 3.63) is 29.8 Å². The number of carbonyl (C=O) groups excluding carboxylic acids is 1. The van der Waals surface area contributed by atoms with Crippen LogP contribution in [0.3, 0.4) is 0 Å². The molecule has 0 N–H and O–H groups in total. The fourth-order valence-corrected chi connectivity index (χ4v) is 3.10. The molecule has 110 valence electrons. The molecular weight excluding hydrogens is 302 g/mol. The lowest BCUT2D eigenvalue weighted by Gasteiger charge is -2.35. The van der Waals surface area contributed by atoms with Crippen LogP contribution in [0.25, 0.3) is 0 Å². The van der Waals surface area contributed by atoms with E-state index in [9.17, 15) is 13.2 Å². The molecule has 1 fully saturated rings. The van der Waals surface area contributed by atoms with E-state index in [0.29, 0.717) is 18.7 Å². The van der Waals surface area contributed by atoms with Crippen molar-refractivity contribution >= 4 is 25.6 Å². The highest BCUT2D eigenvalue weighted by atomic mass is 35.7. The molecule has 1 aliphatic rings. The number of benzene rings is 1. The molecule has 2 unspecified atom stereocenters. The summed E-state index contributed by atoms with van der Waals surface area (Å²) < 4.78 is 28.2. The predicted octanol–water partition coefficient (Wildman–Crippen LogP) is 1.86. The molecule has 1 amide bonds. The molecule has 1 heterocycles. The molecular formula is C13H16ClNO4S. The zero-order valence-corrected chi connectivity index (χ0v) is 12.8. The van der Waals surface area contributed by atoms with Crippen molar-refractivity contribution in [2.45, 2.75) is 31.0 Å². The number of halogens is 1. The fourth-order valence-electron chi connectivity index (χ4n) is 2.31. The molecule has 0 spiro atoms. The van der Waals surface area contributed by atoms with E-state index in [-0.39, 0.29) is 23.0 Å². The van der Waals surface area contributed by atoms with Crippen molar-refractivity contribution in [3.8, 4) is 0 Å². The Morgan fingerprint density at radius 3 is 2.45 bits per heavy atom. The molecule has 0 aromatic heterocycles. The maximum absolute atomic E-state index is 12.4. The number of nitrogens with zero attached hydrogens (tertiary/aromatic N) is 1. The van der Waals surface area contributed by atoms with Gasteiger partial charge in [0.15, 0.2) is 0 Å². The van der Waals surface area contributed by atoms with E-state index in [2.05, 4.69) is 0 Å². The van der Waals surface area contributed by atoms with Gasteiger partial charge in [-0.25, -0.2) is 8.42 Å². The van der Waals surface area contributed by atoms with Gasteiger partial charge in [-0.05, 0) is 32.0 Å². The Morgan fingerprint density at radius 2 is 1.90 bits per heavy atom. The molecule has 20 heavy (non-hydrogen) atoms. The van der Waals surface area contributed by atoms with Crippen LogP contribution in [-0.2, 0) is 13.8 Å². The molecule has 1 aliphatic heterocycles. The number of hydrogen-bond donors (Lipinski definition) is 0. The summed E-state index contributed by atoms with van der Waals surface area (Å²) in [4.78, 5) is 14.0. The molecule has 5 nitrogen and oxygen atoms in total. The quantitative estimate of drug-likeness (QED) is 0.781. The van der Waals surface area contributed by atoms with E-state index in [1.54, 1.807) is 11.0 Å². The van der Waals surface area contributed by atoms with Crippen LogP contribution in [-0.4, -0.2) is 44.5 Å². The van der Waals surface area contributed by atoms with Gasteiger partial charge >= 0.3 is 0 Å². The first-order valence-corrected chi connectivity index (χ1v) is 8.58. The zero-order valence-electron chi connectivity index (χ0n) is 11.2. The Labute approximate surface area is 122 Å². The SMILES string of the molecule is CC1CN(C(=O)c2cccc(S(=O)(=O)Cl)c2)CC(C)O1. The summed E-state index contributed by atoms with van der Waals surface area (Å²) in [6.07, 6.45) is -0.0784. The smallest absolute Gasteiger partial charge is 0.261 e. The highest BCUT2D eigenvalue weighted by molar-refractivity contribution is 8.13. The largest absolute Gasteiger partial charge is 0.372 e. The van der Waals surface area contributed by atoms with Gasteiger partial charge in [0.1, 0.15) is 0 Å². The average molecular weight is 318 g/mol. The van der Waals surface area contributed by atoms with E-state index in [1.807, 2.05) is 13.8 Å². The summed E-state index contributed by atoms with van der Waals surface area (Å²) in [5.41, 5.74) is 0.313. The van der Waals surface area contributed by atoms with E-state index in [0.717, 1.165) is 0 Å². The lowest BCUT2D eigenvalue weighted by Crippen LogP contribution is -2.48. The number of hydrogen-bond acceptors (Lipinski definition) is 4. The third kappa shape index (κ3) is 3.50. The summed E-state index contributed by atoms with van der Waals surface area (Å²) >= 11 is 0. The summed E-state index contributed by atoms with van der Waals surface area (Å²) in [7, 11) is 1.46. The number of morpholine rings is 1. The van der Waals surface area contributed by atoms with E-state index in [1.165, 1.54) is 18.2 Å². The fraction of sp³-hybridized carbons (Fsp3) is 0.462.